The van der Waals surface area contributed by atoms with Crippen molar-refractivity contribution >= 4 is 17.9 Å². The zero-order valence-electron chi connectivity index (χ0n) is 13.8. The highest BCUT2D eigenvalue weighted by Gasteiger charge is 2.71. The van der Waals surface area contributed by atoms with Gasteiger partial charge in [0, 0.05) is 30.3 Å². The molecule has 2 aliphatic carbocycles. The van der Waals surface area contributed by atoms with Gasteiger partial charge < -0.3 is 14.2 Å². The van der Waals surface area contributed by atoms with Crippen molar-refractivity contribution in [2.45, 2.75) is 51.9 Å². The monoisotopic (exact) mass is 322 g/mol. The van der Waals surface area contributed by atoms with Crippen LogP contribution in [0.5, 0.6) is 0 Å². The molecule has 0 amide bonds. The summed E-state index contributed by atoms with van der Waals surface area (Å²) in [7, 11) is 0. The fourth-order valence-corrected chi connectivity index (χ4v) is 4.76. The van der Waals surface area contributed by atoms with E-state index in [2.05, 4.69) is 6.58 Å². The van der Waals surface area contributed by atoms with Crippen molar-refractivity contribution in [1.82, 2.24) is 0 Å². The Bertz CT molecular complexity index is 592. The largest absolute Gasteiger partial charge is 0.460 e. The maximum absolute atomic E-state index is 12.3. The molecule has 3 aliphatic rings. The minimum Gasteiger partial charge on any atom is -0.460 e. The van der Waals surface area contributed by atoms with Crippen molar-refractivity contribution in [2.75, 3.05) is 0 Å². The van der Waals surface area contributed by atoms with E-state index in [-0.39, 0.29) is 35.7 Å². The average molecular weight is 322 g/mol. The fraction of sp³-hybridized carbons (Fsp3) is 0.706. The van der Waals surface area contributed by atoms with Gasteiger partial charge in [0.15, 0.2) is 0 Å². The Morgan fingerprint density at radius 3 is 2.48 bits per heavy atom. The Balaban J connectivity index is 1.90. The first-order valence-corrected chi connectivity index (χ1v) is 7.90. The average Bonchev–Trinajstić information content (AvgIpc) is 2.99. The van der Waals surface area contributed by atoms with Crippen LogP contribution >= 0.6 is 0 Å². The normalized spacial score (nSPS) is 37.5. The van der Waals surface area contributed by atoms with Crippen LogP contribution in [0.4, 0.5) is 0 Å². The van der Waals surface area contributed by atoms with E-state index in [4.69, 9.17) is 14.2 Å². The molecule has 1 heterocycles. The number of carbonyl (C=O) groups is 3. The third kappa shape index (κ3) is 2.35. The topological polar surface area (TPSA) is 78.9 Å². The van der Waals surface area contributed by atoms with Crippen molar-refractivity contribution < 1.29 is 28.6 Å². The number of fused-ring (bicyclic) bond motifs is 1. The molecule has 2 saturated carbocycles. The molecule has 23 heavy (non-hydrogen) atoms. The molecular formula is C17H22O6. The van der Waals surface area contributed by atoms with Crippen molar-refractivity contribution in [1.29, 1.82) is 0 Å². The molecule has 3 fully saturated rings. The van der Waals surface area contributed by atoms with E-state index >= 15 is 0 Å². The van der Waals surface area contributed by atoms with E-state index < -0.39 is 23.6 Å². The van der Waals surface area contributed by atoms with E-state index in [1.165, 1.54) is 6.92 Å². The highest BCUT2D eigenvalue weighted by molar-refractivity contribution is 5.87. The third-order valence-electron chi connectivity index (χ3n) is 5.35. The Labute approximate surface area is 135 Å². The molecule has 2 bridgehead atoms. The van der Waals surface area contributed by atoms with Gasteiger partial charge in [0.2, 0.25) is 0 Å². The molecule has 6 unspecified atom stereocenters. The molecule has 126 valence electrons. The van der Waals surface area contributed by atoms with Crippen LogP contribution in [0.1, 0.15) is 34.1 Å². The molecule has 6 heteroatoms. The zero-order chi connectivity index (χ0) is 17.1. The third-order valence-corrected chi connectivity index (χ3v) is 5.35. The summed E-state index contributed by atoms with van der Waals surface area (Å²) in [5.74, 6) is -1.69. The lowest BCUT2D eigenvalue weighted by Crippen LogP contribution is -2.50. The summed E-state index contributed by atoms with van der Waals surface area (Å²) >= 11 is 0. The standard InChI is InChI=1S/C17H22O6/c1-7(2)15(19)21-14-10-6-9-11(16(20)22-13(9)14)12(10)17(4,5)23-8(3)18/h9-14H,1,6H2,2-5H3. The van der Waals surface area contributed by atoms with Crippen LogP contribution < -0.4 is 0 Å². The summed E-state index contributed by atoms with van der Waals surface area (Å²) in [6.07, 6.45) is -0.137. The smallest absolute Gasteiger partial charge is 0.333 e. The molecule has 1 aliphatic heterocycles. The van der Waals surface area contributed by atoms with Crippen LogP contribution in [0.25, 0.3) is 0 Å². The van der Waals surface area contributed by atoms with Gasteiger partial charge in [0.1, 0.15) is 17.8 Å². The highest BCUT2D eigenvalue weighted by Crippen LogP contribution is 2.61. The van der Waals surface area contributed by atoms with E-state index in [0.717, 1.165) is 6.42 Å². The fourth-order valence-electron chi connectivity index (χ4n) is 4.76. The van der Waals surface area contributed by atoms with E-state index in [1.807, 2.05) is 0 Å². The van der Waals surface area contributed by atoms with Gasteiger partial charge >= 0.3 is 17.9 Å². The number of hydrogen-bond acceptors (Lipinski definition) is 6. The van der Waals surface area contributed by atoms with Crippen molar-refractivity contribution in [2.24, 2.45) is 23.7 Å². The van der Waals surface area contributed by atoms with Crippen LogP contribution in [0, 0.1) is 23.7 Å². The Morgan fingerprint density at radius 1 is 1.26 bits per heavy atom. The van der Waals surface area contributed by atoms with E-state index in [9.17, 15) is 14.4 Å². The SMILES string of the molecule is C=C(C)C(=O)OC1C2CC3C1OC(=O)C3C2C(C)(C)OC(C)=O. The van der Waals surface area contributed by atoms with Gasteiger partial charge in [-0.2, -0.15) is 0 Å². The minimum absolute atomic E-state index is 0.0234. The van der Waals surface area contributed by atoms with Crippen molar-refractivity contribution in [3.05, 3.63) is 12.2 Å². The number of esters is 3. The van der Waals surface area contributed by atoms with Crippen LogP contribution in [-0.2, 0) is 28.6 Å². The predicted octanol–water partition coefficient (Wildman–Crippen LogP) is 1.62. The van der Waals surface area contributed by atoms with Gasteiger partial charge in [-0.1, -0.05) is 6.58 Å². The van der Waals surface area contributed by atoms with Crippen LogP contribution in [0.15, 0.2) is 12.2 Å². The van der Waals surface area contributed by atoms with Crippen molar-refractivity contribution in [3.8, 4) is 0 Å². The Kier molecular flexibility index (Phi) is 3.54. The number of hydrogen-bond donors (Lipinski definition) is 0. The lowest BCUT2D eigenvalue weighted by atomic mass is 9.70. The van der Waals surface area contributed by atoms with Crippen LogP contribution in [0.3, 0.4) is 0 Å². The molecule has 0 aromatic rings. The first kappa shape index (κ1) is 16.0. The molecule has 0 aromatic heterocycles. The maximum Gasteiger partial charge on any atom is 0.333 e. The van der Waals surface area contributed by atoms with Gasteiger partial charge in [-0.3, -0.25) is 9.59 Å². The number of carbonyl (C=O) groups excluding carboxylic acids is 3. The summed E-state index contributed by atoms with van der Waals surface area (Å²) < 4.78 is 16.5. The van der Waals surface area contributed by atoms with E-state index in [1.54, 1.807) is 20.8 Å². The molecular weight excluding hydrogens is 300 g/mol. The highest BCUT2D eigenvalue weighted by atomic mass is 16.6. The van der Waals surface area contributed by atoms with E-state index in [0.29, 0.717) is 5.57 Å². The second kappa shape index (κ2) is 5.08. The quantitative estimate of drug-likeness (QED) is 0.445. The second-order valence-corrected chi connectivity index (χ2v) is 7.36. The van der Waals surface area contributed by atoms with Crippen LogP contribution in [-0.4, -0.2) is 35.7 Å². The summed E-state index contributed by atoms with van der Waals surface area (Å²) in [6, 6.07) is 0. The second-order valence-electron chi connectivity index (χ2n) is 7.36. The van der Waals surface area contributed by atoms with Crippen LogP contribution in [0.2, 0.25) is 0 Å². The minimum atomic E-state index is -0.821. The molecule has 6 nitrogen and oxygen atoms in total. The summed E-state index contributed by atoms with van der Waals surface area (Å²) in [5, 5.41) is 0. The molecule has 6 atom stereocenters. The molecule has 0 radical (unpaired) electrons. The summed E-state index contributed by atoms with van der Waals surface area (Å²) in [4.78, 5) is 35.6. The molecule has 0 spiro atoms. The molecule has 1 saturated heterocycles. The summed E-state index contributed by atoms with van der Waals surface area (Å²) in [5.41, 5.74) is -0.512. The lowest BCUT2D eigenvalue weighted by Gasteiger charge is -2.40. The lowest BCUT2D eigenvalue weighted by molar-refractivity contribution is -0.171. The Hall–Kier alpha value is -1.85. The predicted molar refractivity (Wildman–Crippen MR) is 79.0 cm³/mol. The van der Waals surface area contributed by atoms with Gasteiger partial charge in [-0.05, 0) is 27.2 Å². The first-order chi connectivity index (χ1) is 10.6. The molecule has 3 rings (SSSR count). The first-order valence-electron chi connectivity index (χ1n) is 7.90. The summed E-state index contributed by atoms with van der Waals surface area (Å²) in [6.45, 7) is 10.1. The number of rotatable bonds is 4. The van der Waals surface area contributed by atoms with Gasteiger partial charge in [0.05, 0.1) is 5.92 Å². The zero-order valence-corrected chi connectivity index (χ0v) is 13.8. The molecule has 0 N–H and O–H groups in total. The van der Waals surface area contributed by atoms with Gasteiger partial charge in [-0.15, -0.1) is 0 Å². The Morgan fingerprint density at radius 2 is 1.91 bits per heavy atom. The van der Waals surface area contributed by atoms with Gasteiger partial charge in [0.25, 0.3) is 0 Å². The van der Waals surface area contributed by atoms with Crippen molar-refractivity contribution in [3.63, 3.8) is 0 Å². The van der Waals surface area contributed by atoms with Gasteiger partial charge in [-0.25, -0.2) is 4.79 Å². The maximum atomic E-state index is 12.3. The molecule has 0 aromatic carbocycles. The number of ether oxygens (including phenoxy) is 3.